The number of sulfonamides is 1. The van der Waals surface area contributed by atoms with Gasteiger partial charge in [0, 0.05) is 24.1 Å². The molecule has 1 aromatic heterocycles. The van der Waals surface area contributed by atoms with Crippen LogP contribution >= 0.6 is 0 Å². The monoisotopic (exact) mass is 452 g/mol. The van der Waals surface area contributed by atoms with Crippen LogP contribution in [0.4, 0.5) is 4.39 Å². The van der Waals surface area contributed by atoms with Crippen LogP contribution in [0.5, 0.6) is 5.75 Å². The number of hydrogen-bond donors (Lipinski definition) is 1. The Morgan fingerprint density at radius 1 is 1.06 bits per heavy atom. The Hall–Kier alpha value is -3.65. The molecule has 1 heterocycles. The number of aryl methyl sites for hydroxylation is 1. The van der Waals surface area contributed by atoms with Crippen molar-refractivity contribution >= 4 is 26.8 Å². The number of methoxy groups -OCH3 is 1. The number of halogens is 1. The van der Waals surface area contributed by atoms with Gasteiger partial charge in [0.2, 0.25) is 0 Å². The summed E-state index contributed by atoms with van der Waals surface area (Å²) in [6.07, 6.45) is 2.59. The average molecular weight is 453 g/mol. The van der Waals surface area contributed by atoms with Crippen LogP contribution < -0.4 is 9.46 Å². The third-order valence-corrected chi connectivity index (χ3v) is 6.58. The van der Waals surface area contributed by atoms with E-state index in [-0.39, 0.29) is 16.2 Å². The predicted octanol–water partition coefficient (Wildman–Crippen LogP) is 4.04. The molecule has 0 unspecified atom stereocenters. The summed E-state index contributed by atoms with van der Waals surface area (Å²) in [4.78, 5) is 12.6. The number of amides is 1. The second-order valence-electron chi connectivity index (χ2n) is 7.38. The number of hydrogen-bond acceptors (Lipinski definition) is 4. The number of aromatic nitrogens is 1. The van der Waals surface area contributed by atoms with Gasteiger partial charge in [0.1, 0.15) is 11.6 Å². The highest BCUT2D eigenvalue weighted by atomic mass is 32.2. The fourth-order valence-corrected chi connectivity index (χ4v) is 4.64. The number of benzene rings is 3. The quantitative estimate of drug-likeness (QED) is 0.479. The van der Waals surface area contributed by atoms with Gasteiger partial charge in [-0.25, -0.2) is 17.5 Å². The molecule has 1 N–H and O–H groups in total. The molecule has 0 radical (unpaired) electrons. The Kier molecular flexibility index (Phi) is 5.71. The van der Waals surface area contributed by atoms with Crippen LogP contribution in [0.2, 0.25) is 0 Å². The van der Waals surface area contributed by atoms with E-state index >= 15 is 0 Å². The normalized spacial score (nSPS) is 11.5. The smallest absolute Gasteiger partial charge is 0.268 e. The number of fused-ring (bicyclic) bond motifs is 1. The summed E-state index contributed by atoms with van der Waals surface area (Å²) in [5, 5.41) is 1.11. The number of nitrogens with one attached hydrogen (secondary N) is 1. The van der Waals surface area contributed by atoms with Crippen molar-refractivity contribution in [2.24, 2.45) is 7.05 Å². The molecule has 164 valence electrons. The van der Waals surface area contributed by atoms with Crippen molar-refractivity contribution < 1.29 is 22.3 Å². The summed E-state index contributed by atoms with van der Waals surface area (Å²) in [6, 6.07) is 17.3. The number of ether oxygens (including phenoxy) is 1. The van der Waals surface area contributed by atoms with Crippen molar-refractivity contribution in [3.8, 4) is 5.75 Å². The van der Waals surface area contributed by atoms with E-state index in [0.717, 1.165) is 46.3 Å². The lowest BCUT2D eigenvalue weighted by molar-refractivity contribution is 0.0978. The zero-order valence-electron chi connectivity index (χ0n) is 17.5. The second kappa shape index (κ2) is 8.47. The van der Waals surface area contributed by atoms with Gasteiger partial charge < -0.3 is 9.30 Å². The number of rotatable bonds is 6. The molecule has 0 saturated carbocycles. The summed E-state index contributed by atoms with van der Waals surface area (Å²) in [7, 11) is -0.793. The zero-order valence-corrected chi connectivity index (χ0v) is 18.3. The van der Waals surface area contributed by atoms with E-state index in [1.54, 1.807) is 12.1 Å². The van der Waals surface area contributed by atoms with Crippen LogP contribution in [0.1, 0.15) is 21.5 Å². The molecular formula is C24H21FN2O4S. The number of carbonyl (C=O) groups is 1. The van der Waals surface area contributed by atoms with Crippen molar-refractivity contribution in [3.63, 3.8) is 0 Å². The minimum absolute atomic E-state index is 0.0934. The highest BCUT2D eigenvalue weighted by molar-refractivity contribution is 7.90. The Balaban J connectivity index is 1.64. The topological polar surface area (TPSA) is 77.4 Å². The molecule has 3 aromatic carbocycles. The van der Waals surface area contributed by atoms with Crippen LogP contribution in [0.3, 0.4) is 0 Å². The van der Waals surface area contributed by atoms with Crippen LogP contribution in [-0.2, 0) is 23.5 Å². The molecule has 0 aliphatic rings. The molecule has 0 fully saturated rings. The summed E-state index contributed by atoms with van der Waals surface area (Å²) in [5.41, 5.74) is 3.10. The molecule has 8 heteroatoms. The van der Waals surface area contributed by atoms with Gasteiger partial charge in [0.15, 0.2) is 0 Å². The van der Waals surface area contributed by atoms with Crippen molar-refractivity contribution in [3.05, 3.63) is 95.4 Å². The van der Waals surface area contributed by atoms with E-state index < -0.39 is 21.7 Å². The van der Waals surface area contributed by atoms with Gasteiger partial charge in [0.05, 0.1) is 17.6 Å². The first-order valence-corrected chi connectivity index (χ1v) is 11.3. The molecule has 6 nitrogen and oxygen atoms in total. The lowest BCUT2D eigenvalue weighted by Gasteiger charge is -2.12. The molecule has 0 spiro atoms. The second-order valence-corrected chi connectivity index (χ2v) is 9.06. The van der Waals surface area contributed by atoms with E-state index in [1.807, 2.05) is 52.9 Å². The SMILES string of the molecule is COc1ccc(Cc2cn(C)c3ccccc23)cc1C(=O)NS(=O)(=O)c1ccc(F)cc1. The number of para-hydroxylation sites is 1. The van der Waals surface area contributed by atoms with E-state index in [4.69, 9.17) is 4.74 Å². The lowest BCUT2D eigenvalue weighted by Crippen LogP contribution is -2.31. The van der Waals surface area contributed by atoms with Crippen molar-refractivity contribution in [2.75, 3.05) is 7.11 Å². The van der Waals surface area contributed by atoms with Crippen LogP contribution in [-0.4, -0.2) is 26.0 Å². The summed E-state index contributed by atoms with van der Waals surface area (Å²) >= 11 is 0. The first-order valence-electron chi connectivity index (χ1n) is 9.81. The van der Waals surface area contributed by atoms with Gasteiger partial charge in [-0.2, -0.15) is 0 Å². The molecule has 0 saturated heterocycles. The molecule has 0 aliphatic heterocycles. The number of carbonyl (C=O) groups excluding carboxylic acids is 1. The maximum atomic E-state index is 13.1. The number of nitrogens with zero attached hydrogens (tertiary/aromatic N) is 1. The molecule has 1 amide bonds. The third kappa shape index (κ3) is 4.22. The molecule has 0 aliphatic carbocycles. The van der Waals surface area contributed by atoms with Gasteiger partial charge in [-0.3, -0.25) is 4.79 Å². The Bertz CT molecular complexity index is 1410. The van der Waals surface area contributed by atoms with E-state index in [1.165, 1.54) is 7.11 Å². The van der Waals surface area contributed by atoms with Crippen molar-refractivity contribution in [2.45, 2.75) is 11.3 Å². The van der Waals surface area contributed by atoms with E-state index in [2.05, 4.69) is 0 Å². The largest absolute Gasteiger partial charge is 0.496 e. The Morgan fingerprint density at radius 3 is 2.50 bits per heavy atom. The average Bonchev–Trinajstić information content (AvgIpc) is 3.09. The summed E-state index contributed by atoms with van der Waals surface area (Å²) in [5.74, 6) is -1.15. The molecule has 4 aromatic rings. The summed E-state index contributed by atoms with van der Waals surface area (Å²) in [6.45, 7) is 0. The van der Waals surface area contributed by atoms with E-state index in [9.17, 15) is 17.6 Å². The highest BCUT2D eigenvalue weighted by Gasteiger charge is 2.22. The highest BCUT2D eigenvalue weighted by Crippen LogP contribution is 2.26. The Labute approximate surface area is 185 Å². The molecule has 0 atom stereocenters. The van der Waals surface area contributed by atoms with Gasteiger partial charge in [0.25, 0.3) is 15.9 Å². The molecule has 32 heavy (non-hydrogen) atoms. The molecule has 0 bridgehead atoms. The molecule has 4 rings (SSSR count). The standard InChI is InChI=1S/C24H21FN2O4S/c1-27-15-17(20-5-3-4-6-22(20)27)13-16-7-12-23(31-2)21(14-16)24(28)26-32(29,30)19-10-8-18(25)9-11-19/h3-12,14-15H,13H2,1-2H3,(H,26,28). The van der Waals surface area contributed by atoms with Crippen molar-refractivity contribution in [1.29, 1.82) is 0 Å². The zero-order chi connectivity index (χ0) is 22.9. The molecular weight excluding hydrogens is 431 g/mol. The minimum atomic E-state index is -4.17. The third-order valence-electron chi connectivity index (χ3n) is 5.23. The van der Waals surface area contributed by atoms with Crippen LogP contribution in [0.25, 0.3) is 10.9 Å². The van der Waals surface area contributed by atoms with Gasteiger partial charge >= 0.3 is 0 Å². The fraction of sp³-hybridized carbons (Fsp3) is 0.125. The fourth-order valence-electron chi connectivity index (χ4n) is 3.68. The Morgan fingerprint density at radius 2 is 1.78 bits per heavy atom. The predicted molar refractivity (Wildman–Crippen MR) is 120 cm³/mol. The van der Waals surface area contributed by atoms with Crippen LogP contribution in [0, 0.1) is 5.82 Å². The lowest BCUT2D eigenvalue weighted by atomic mass is 10.0. The van der Waals surface area contributed by atoms with Crippen molar-refractivity contribution in [1.82, 2.24) is 9.29 Å². The minimum Gasteiger partial charge on any atom is -0.496 e. The van der Waals surface area contributed by atoms with Gasteiger partial charge in [-0.1, -0.05) is 24.3 Å². The first kappa shape index (κ1) is 21.6. The van der Waals surface area contributed by atoms with E-state index in [0.29, 0.717) is 6.42 Å². The maximum absolute atomic E-state index is 13.1. The maximum Gasteiger partial charge on any atom is 0.268 e. The summed E-state index contributed by atoms with van der Waals surface area (Å²) < 4.78 is 47.6. The van der Waals surface area contributed by atoms with Gasteiger partial charge in [-0.05, 0) is 60.0 Å². The van der Waals surface area contributed by atoms with Crippen LogP contribution in [0.15, 0.2) is 77.8 Å². The first-order chi connectivity index (χ1) is 15.3. The van der Waals surface area contributed by atoms with Gasteiger partial charge in [-0.15, -0.1) is 0 Å².